The van der Waals surface area contributed by atoms with Crippen LogP contribution in [0.5, 0.6) is 5.75 Å². The molecule has 0 amide bonds. The molecule has 0 bridgehead atoms. The Morgan fingerprint density at radius 1 is 1.15 bits per heavy atom. The fourth-order valence-electron chi connectivity index (χ4n) is 5.59. The van der Waals surface area contributed by atoms with Gasteiger partial charge in [-0.2, -0.15) is 8.78 Å². The maximum Gasteiger partial charge on any atom is 0.387 e. The number of halogens is 3. The summed E-state index contributed by atoms with van der Waals surface area (Å²) in [6.45, 7) is 3.85. The van der Waals surface area contributed by atoms with Crippen LogP contribution >= 0.6 is 0 Å². The topological polar surface area (TPSA) is 114 Å². The fourth-order valence-corrected chi connectivity index (χ4v) is 5.59. The first-order valence-corrected chi connectivity index (χ1v) is 13.0. The Bertz CT molecular complexity index is 1440. The molecule has 212 valence electrons. The number of ether oxygens (including phenoxy) is 1. The van der Waals surface area contributed by atoms with E-state index in [9.17, 15) is 28.5 Å². The molecule has 2 atom stereocenters. The summed E-state index contributed by atoms with van der Waals surface area (Å²) in [6, 6.07) is 6.36. The van der Waals surface area contributed by atoms with E-state index in [1.165, 1.54) is 24.7 Å². The van der Waals surface area contributed by atoms with Gasteiger partial charge < -0.3 is 24.6 Å². The largest absolute Gasteiger partial charge is 0.435 e. The normalized spacial score (nSPS) is 26.7. The lowest BCUT2D eigenvalue weighted by atomic mass is 9.76. The smallest absolute Gasteiger partial charge is 0.387 e. The fraction of sp³-hybridized carbons (Fsp3) is 0.414. The molecule has 2 aromatic heterocycles. The summed E-state index contributed by atoms with van der Waals surface area (Å²) in [6.07, 6.45) is 4.86. The monoisotopic (exact) mass is 556 g/mol. The molecule has 1 fully saturated rings. The summed E-state index contributed by atoms with van der Waals surface area (Å²) < 4.78 is 47.4. The van der Waals surface area contributed by atoms with Crippen LogP contribution < -0.4 is 4.74 Å². The molecule has 0 aliphatic heterocycles. The Balaban J connectivity index is 1.53. The highest BCUT2D eigenvalue weighted by Crippen LogP contribution is 2.47. The molecule has 40 heavy (non-hydrogen) atoms. The number of aliphatic hydroxyl groups is 3. The zero-order valence-corrected chi connectivity index (χ0v) is 22.2. The molecule has 0 saturated heterocycles. The van der Waals surface area contributed by atoms with Crippen LogP contribution in [0.4, 0.5) is 13.2 Å². The van der Waals surface area contributed by atoms with Gasteiger partial charge in [0.05, 0.1) is 23.1 Å². The number of hydrogen-bond acceptors (Lipinski definition) is 7. The first kappa shape index (κ1) is 28.0. The van der Waals surface area contributed by atoms with Crippen molar-refractivity contribution in [1.29, 1.82) is 0 Å². The van der Waals surface area contributed by atoms with Crippen molar-refractivity contribution in [2.45, 2.75) is 75.8 Å². The summed E-state index contributed by atoms with van der Waals surface area (Å²) in [5, 5.41) is 32.1. The highest BCUT2D eigenvalue weighted by atomic mass is 19.3. The van der Waals surface area contributed by atoms with Crippen LogP contribution in [0.25, 0.3) is 11.8 Å². The minimum atomic E-state index is -3.03. The van der Waals surface area contributed by atoms with E-state index in [-0.39, 0.29) is 23.6 Å². The van der Waals surface area contributed by atoms with Crippen molar-refractivity contribution in [3.05, 3.63) is 83.2 Å². The molecule has 2 aliphatic carbocycles. The number of aliphatic hydroxyl groups excluding tert-OH is 1. The molecule has 8 nitrogen and oxygen atoms in total. The number of aryl methyl sites for hydroxylation is 1. The highest BCUT2D eigenvalue weighted by molar-refractivity contribution is 5.84. The molecular formula is C29H31F3N4O4. The van der Waals surface area contributed by atoms with Crippen molar-refractivity contribution < 1.29 is 33.2 Å². The molecule has 3 aromatic rings. The second-order valence-electron chi connectivity index (χ2n) is 10.8. The minimum Gasteiger partial charge on any atom is -0.435 e. The van der Waals surface area contributed by atoms with Gasteiger partial charge in [-0.05, 0) is 52.0 Å². The number of fused-ring (bicyclic) bond motifs is 1. The van der Waals surface area contributed by atoms with Crippen molar-refractivity contribution in [2.24, 2.45) is 0 Å². The number of alkyl halides is 2. The molecule has 2 heterocycles. The maximum atomic E-state index is 14.9. The Kier molecular flexibility index (Phi) is 7.32. The molecule has 3 N–H and O–H groups in total. The van der Waals surface area contributed by atoms with Crippen LogP contribution in [0.15, 0.2) is 49.1 Å². The molecule has 0 radical (unpaired) electrons. The zero-order chi connectivity index (χ0) is 28.8. The molecule has 2 aliphatic rings. The molecular weight excluding hydrogens is 525 g/mol. The number of hydrogen-bond donors (Lipinski definition) is 3. The van der Waals surface area contributed by atoms with E-state index in [0.29, 0.717) is 54.0 Å². The van der Waals surface area contributed by atoms with Gasteiger partial charge in [-0.25, -0.2) is 19.3 Å². The van der Waals surface area contributed by atoms with E-state index in [1.54, 1.807) is 36.6 Å². The average Bonchev–Trinajstić information content (AvgIpc) is 3.39. The van der Waals surface area contributed by atoms with E-state index in [0.717, 1.165) is 0 Å². The third-order valence-electron chi connectivity index (χ3n) is 7.85. The predicted molar refractivity (Wildman–Crippen MR) is 141 cm³/mol. The van der Waals surface area contributed by atoms with Crippen molar-refractivity contribution in [3.8, 4) is 5.75 Å². The number of rotatable bonds is 7. The van der Waals surface area contributed by atoms with Crippen LogP contribution in [0, 0.1) is 6.92 Å². The lowest BCUT2D eigenvalue weighted by molar-refractivity contribution is -0.0802. The van der Waals surface area contributed by atoms with Crippen LogP contribution in [0.2, 0.25) is 0 Å². The summed E-state index contributed by atoms with van der Waals surface area (Å²) in [7, 11) is 0. The molecule has 5 rings (SSSR count). The van der Waals surface area contributed by atoms with Crippen LogP contribution in [-0.2, 0) is 5.60 Å². The van der Waals surface area contributed by atoms with Gasteiger partial charge in [-0.1, -0.05) is 24.8 Å². The summed E-state index contributed by atoms with van der Waals surface area (Å²) in [5.74, 6) is -0.710. The number of aromatic nitrogens is 4. The van der Waals surface area contributed by atoms with Gasteiger partial charge in [0.25, 0.3) is 0 Å². The van der Waals surface area contributed by atoms with E-state index in [2.05, 4.69) is 21.5 Å². The maximum absolute atomic E-state index is 14.9. The van der Waals surface area contributed by atoms with Crippen molar-refractivity contribution >= 4 is 11.8 Å². The predicted octanol–water partition coefficient (Wildman–Crippen LogP) is 5.15. The lowest BCUT2D eigenvalue weighted by Crippen LogP contribution is -2.40. The first-order chi connectivity index (χ1) is 18.9. The third kappa shape index (κ3) is 5.28. The van der Waals surface area contributed by atoms with Gasteiger partial charge in [-0.15, -0.1) is 0 Å². The molecule has 1 saturated carbocycles. The lowest BCUT2D eigenvalue weighted by Gasteiger charge is -2.38. The highest BCUT2D eigenvalue weighted by Gasteiger charge is 2.41. The Morgan fingerprint density at radius 2 is 1.80 bits per heavy atom. The van der Waals surface area contributed by atoms with E-state index in [4.69, 9.17) is 4.74 Å². The van der Waals surface area contributed by atoms with E-state index >= 15 is 0 Å². The Labute approximate surface area is 229 Å². The van der Waals surface area contributed by atoms with Gasteiger partial charge in [-0.3, -0.25) is 0 Å². The number of imidazole rings is 1. The number of benzene rings is 1. The molecule has 0 unspecified atom stereocenters. The van der Waals surface area contributed by atoms with E-state index < -0.39 is 35.7 Å². The Morgan fingerprint density at radius 3 is 2.42 bits per heavy atom. The van der Waals surface area contributed by atoms with Crippen molar-refractivity contribution in [1.82, 2.24) is 19.5 Å². The SMILES string of the molecule is C=C(F)/C(=C\n1c(C)nc2c1[C@@H](c1ccccc1OC(F)F)C[C@H]2O)c1cnc(C2(O)CCC(C)(O)CC2)nc1. The van der Waals surface area contributed by atoms with Gasteiger partial charge in [0.15, 0.2) is 5.82 Å². The Hall–Kier alpha value is -3.54. The molecule has 0 spiro atoms. The summed E-state index contributed by atoms with van der Waals surface area (Å²) >= 11 is 0. The average molecular weight is 557 g/mol. The van der Waals surface area contributed by atoms with Crippen LogP contribution in [-0.4, -0.2) is 47.1 Å². The van der Waals surface area contributed by atoms with E-state index in [1.807, 2.05) is 0 Å². The zero-order valence-electron chi connectivity index (χ0n) is 22.2. The van der Waals surface area contributed by atoms with Crippen molar-refractivity contribution in [3.63, 3.8) is 0 Å². The van der Waals surface area contributed by atoms with Gasteiger partial charge >= 0.3 is 6.61 Å². The van der Waals surface area contributed by atoms with Crippen LogP contribution in [0.1, 0.15) is 85.2 Å². The number of para-hydroxylation sites is 1. The second-order valence-corrected chi connectivity index (χ2v) is 10.8. The summed E-state index contributed by atoms with van der Waals surface area (Å²) in [5.41, 5.74) is -0.466. The van der Waals surface area contributed by atoms with Gasteiger partial charge in [0, 0.05) is 41.2 Å². The standard InChI is InChI=1S/C29H31F3N4O4/c1-16(30)21(18-13-33-26(34-14-18)29(39)10-8-28(3,38)9-11-29)15-36-17(2)35-24-22(37)12-20(25(24)36)19-6-4-5-7-23(19)40-27(31)32/h4-7,13-15,20,22,27,37-39H,1,8-12H2,2-3H3/b21-15+/t20-,22-,28?,29?/m1/s1. The first-order valence-electron chi connectivity index (χ1n) is 13.0. The van der Waals surface area contributed by atoms with Gasteiger partial charge in [0.1, 0.15) is 23.0 Å². The molecule has 1 aromatic carbocycles. The number of nitrogens with zero attached hydrogens (tertiary/aromatic N) is 4. The minimum absolute atomic E-state index is 0.0156. The van der Waals surface area contributed by atoms with Crippen LogP contribution in [0.3, 0.4) is 0 Å². The molecule has 11 heteroatoms. The third-order valence-corrected chi connectivity index (χ3v) is 7.85. The summed E-state index contributed by atoms with van der Waals surface area (Å²) in [4.78, 5) is 13.1. The second kappa shape index (κ2) is 10.5. The van der Waals surface area contributed by atoms with Gasteiger partial charge in [0.2, 0.25) is 0 Å². The van der Waals surface area contributed by atoms with Crippen molar-refractivity contribution in [2.75, 3.05) is 0 Å². The number of allylic oxidation sites excluding steroid dienone is 2. The quantitative estimate of drug-likeness (QED) is 0.345.